The van der Waals surface area contributed by atoms with Crippen molar-refractivity contribution >= 4 is 0 Å². The molecule has 2 bridgehead atoms. The van der Waals surface area contributed by atoms with Crippen LogP contribution in [0.4, 0.5) is 0 Å². The van der Waals surface area contributed by atoms with Gasteiger partial charge in [-0.15, -0.1) is 0 Å². The van der Waals surface area contributed by atoms with Gasteiger partial charge in [-0.05, 0) is 62.6 Å². The van der Waals surface area contributed by atoms with Gasteiger partial charge in [0.1, 0.15) is 0 Å². The zero-order valence-electron chi connectivity index (χ0n) is 12.8. The molecule has 2 fully saturated rings. The van der Waals surface area contributed by atoms with Gasteiger partial charge in [0.05, 0.1) is 0 Å². The highest BCUT2D eigenvalue weighted by Crippen LogP contribution is 2.48. The van der Waals surface area contributed by atoms with Crippen molar-refractivity contribution in [3.05, 3.63) is 29.6 Å². The fourth-order valence-electron chi connectivity index (χ4n) is 4.34. The van der Waals surface area contributed by atoms with E-state index in [-0.39, 0.29) is 0 Å². The summed E-state index contributed by atoms with van der Waals surface area (Å²) in [6.07, 6.45) is 7.86. The van der Waals surface area contributed by atoms with E-state index >= 15 is 0 Å². The summed E-state index contributed by atoms with van der Waals surface area (Å²) in [4.78, 5) is 6.87. The molecule has 0 aromatic carbocycles. The quantitative estimate of drug-likeness (QED) is 0.897. The summed E-state index contributed by atoms with van der Waals surface area (Å²) in [5.74, 6) is 2.90. The van der Waals surface area contributed by atoms with Crippen LogP contribution in [0.5, 0.6) is 0 Å². The predicted molar refractivity (Wildman–Crippen MR) is 82.3 cm³/mol. The van der Waals surface area contributed by atoms with E-state index < -0.39 is 0 Å². The third kappa shape index (κ3) is 2.75. The molecule has 0 radical (unpaired) electrons. The van der Waals surface area contributed by atoms with Gasteiger partial charge in [-0.2, -0.15) is 0 Å². The molecule has 4 atom stereocenters. The van der Waals surface area contributed by atoms with E-state index in [1.54, 1.807) is 0 Å². The molecule has 0 aliphatic heterocycles. The number of nitrogens with zero attached hydrogens (tertiary/aromatic N) is 2. The molecule has 2 aliphatic rings. The summed E-state index contributed by atoms with van der Waals surface area (Å²) >= 11 is 0. The largest absolute Gasteiger partial charge is 0.329 e. The number of pyridine rings is 1. The zero-order chi connectivity index (χ0) is 14.1. The molecule has 2 saturated carbocycles. The Hall–Kier alpha value is -0.930. The third-order valence-corrected chi connectivity index (χ3v) is 5.48. The predicted octanol–water partition coefficient (Wildman–Crippen LogP) is 2.76. The van der Waals surface area contributed by atoms with Crippen LogP contribution in [0.25, 0.3) is 0 Å². The highest BCUT2D eigenvalue weighted by molar-refractivity contribution is 5.17. The van der Waals surface area contributed by atoms with E-state index in [1.807, 2.05) is 13.1 Å². The molecule has 20 heavy (non-hydrogen) atoms. The fraction of sp³-hybridized carbons (Fsp3) is 0.706. The lowest BCUT2D eigenvalue weighted by Crippen LogP contribution is -2.35. The summed E-state index contributed by atoms with van der Waals surface area (Å²) in [7, 11) is 2.23. The zero-order valence-corrected chi connectivity index (χ0v) is 12.8. The highest BCUT2D eigenvalue weighted by Gasteiger charge is 2.40. The summed E-state index contributed by atoms with van der Waals surface area (Å²) < 4.78 is 0. The molecule has 0 amide bonds. The topological polar surface area (TPSA) is 42.1 Å². The van der Waals surface area contributed by atoms with Crippen molar-refractivity contribution in [2.45, 2.75) is 38.6 Å². The van der Waals surface area contributed by atoms with Gasteiger partial charge >= 0.3 is 0 Å². The lowest BCUT2D eigenvalue weighted by atomic mass is 9.88. The molecular formula is C17H27N3. The van der Waals surface area contributed by atoms with E-state index in [2.05, 4.69) is 29.1 Å². The lowest BCUT2D eigenvalue weighted by Gasteiger charge is -2.32. The molecule has 3 rings (SSSR count). The van der Waals surface area contributed by atoms with Crippen LogP contribution in [0.15, 0.2) is 18.3 Å². The number of aromatic nitrogens is 1. The minimum absolute atomic E-state index is 0.308. The standard InChI is InChI=1S/C17H27N3/c1-12-3-5-15(10-19-12)17(9-18)20(2)11-16-8-13-4-6-14(16)7-13/h3,5,10,13-14,16-17H,4,6-9,11,18H2,1-2H3. The van der Waals surface area contributed by atoms with Crippen molar-refractivity contribution in [3.63, 3.8) is 0 Å². The maximum atomic E-state index is 6.02. The van der Waals surface area contributed by atoms with Crippen LogP contribution < -0.4 is 5.73 Å². The molecule has 3 heteroatoms. The van der Waals surface area contributed by atoms with Crippen molar-refractivity contribution in [2.24, 2.45) is 23.5 Å². The van der Waals surface area contributed by atoms with Gasteiger partial charge in [0.15, 0.2) is 0 Å². The number of fused-ring (bicyclic) bond motifs is 2. The first-order valence-corrected chi connectivity index (χ1v) is 8.00. The van der Waals surface area contributed by atoms with E-state index in [1.165, 1.54) is 37.8 Å². The van der Waals surface area contributed by atoms with Crippen LogP contribution in [0.3, 0.4) is 0 Å². The number of likely N-dealkylation sites (N-methyl/N-ethyl adjacent to an activating group) is 1. The van der Waals surface area contributed by atoms with E-state index in [9.17, 15) is 0 Å². The van der Waals surface area contributed by atoms with Gasteiger partial charge < -0.3 is 5.73 Å². The number of hydrogen-bond donors (Lipinski definition) is 1. The Kier molecular flexibility index (Phi) is 4.08. The van der Waals surface area contributed by atoms with E-state index in [0.717, 1.165) is 23.4 Å². The van der Waals surface area contributed by atoms with Crippen molar-refractivity contribution in [1.29, 1.82) is 0 Å². The monoisotopic (exact) mass is 273 g/mol. The molecule has 2 N–H and O–H groups in total. The Bertz CT molecular complexity index is 442. The molecule has 3 nitrogen and oxygen atoms in total. The number of nitrogens with two attached hydrogens (primary N) is 1. The number of aryl methyl sites for hydroxylation is 1. The smallest absolute Gasteiger partial charge is 0.0482 e. The minimum Gasteiger partial charge on any atom is -0.329 e. The summed E-state index contributed by atoms with van der Waals surface area (Å²) in [5, 5.41) is 0. The van der Waals surface area contributed by atoms with Gasteiger partial charge in [0.2, 0.25) is 0 Å². The molecule has 0 saturated heterocycles. The van der Waals surface area contributed by atoms with Crippen molar-refractivity contribution in [3.8, 4) is 0 Å². The number of rotatable bonds is 5. The molecule has 4 unspecified atom stereocenters. The van der Waals surface area contributed by atoms with Crippen molar-refractivity contribution in [1.82, 2.24) is 9.88 Å². The first-order valence-electron chi connectivity index (χ1n) is 8.00. The van der Waals surface area contributed by atoms with Gasteiger partial charge in [-0.3, -0.25) is 9.88 Å². The molecule has 0 spiro atoms. The summed E-state index contributed by atoms with van der Waals surface area (Å²) in [6.45, 7) is 3.89. The molecule has 1 heterocycles. The lowest BCUT2D eigenvalue weighted by molar-refractivity contribution is 0.176. The van der Waals surface area contributed by atoms with Crippen molar-refractivity contribution < 1.29 is 0 Å². The minimum atomic E-state index is 0.308. The fourth-order valence-corrected chi connectivity index (χ4v) is 4.34. The highest BCUT2D eigenvalue weighted by atomic mass is 15.1. The van der Waals surface area contributed by atoms with Crippen LogP contribution in [-0.4, -0.2) is 30.0 Å². The average Bonchev–Trinajstić information content (AvgIpc) is 3.04. The second kappa shape index (κ2) is 5.82. The van der Waals surface area contributed by atoms with Crippen LogP contribution >= 0.6 is 0 Å². The summed E-state index contributed by atoms with van der Waals surface area (Å²) in [5.41, 5.74) is 8.35. The van der Waals surface area contributed by atoms with Gasteiger partial charge in [-0.25, -0.2) is 0 Å². The summed E-state index contributed by atoms with van der Waals surface area (Å²) in [6, 6.07) is 4.57. The molecule has 1 aromatic heterocycles. The third-order valence-electron chi connectivity index (χ3n) is 5.48. The van der Waals surface area contributed by atoms with Gasteiger partial charge in [0.25, 0.3) is 0 Å². The first-order chi connectivity index (χ1) is 9.67. The first kappa shape index (κ1) is 14.0. The van der Waals surface area contributed by atoms with Crippen LogP contribution in [0, 0.1) is 24.7 Å². The van der Waals surface area contributed by atoms with Crippen LogP contribution in [0.1, 0.15) is 43.0 Å². The number of hydrogen-bond acceptors (Lipinski definition) is 3. The molecular weight excluding hydrogens is 246 g/mol. The SMILES string of the molecule is Cc1ccc(C(CN)N(C)CC2CC3CCC2C3)cn1. The van der Waals surface area contributed by atoms with Crippen molar-refractivity contribution in [2.75, 3.05) is 20.1 Å². The van der Waals surface area contributed by atoms with E-state index in [4.69, 9.17) is 5.73 Å². The Morgan fingerprint density at radius 2 is 2.20 bits per heavy atom. The molecule has 2 aliphatic carbocycles. The Morgan fingerprint density at radius 3 is 2.75 bits per heavy atom. The van der Waals surface area contributed by atoms with E-state index in [0.29, 0.717) is 12.6 Å². The molecule has 110 valence electrons. The second-order valence-corrected chi connectivity index (χ2v) is 6.86. The Balaban J connectivity index is 1.65. The maximum absolute atomic E-state index is 6.02. The Morgan fingerprint density at radius 1 is 1.35 bits per heavy atom. The maximum Gasteiger partial charge on any atom is 0.0482 e. The normalized spacial score (nSPS) is 30.1. The second-order valence-electron chi connectivity index (χ2n) is 6.86. The van der Waals surface area contributed by atoms with Gasteiger partial charge in [0, 0.05) is 31.0 Å². The van der Waals surface area contributed by atoms with Gasteiger partial charge in [-0.1, -0.05) is 12.5 Å². The average molecular weight is 273 g/mol. The Labute approximate surface area is 122 Å². The van der Waals surface area contributed by atoms with Crippen LogP contribution in [-0.2, 0) is 0 Å². The van der Waals surface area contributed by atoms with Crippen LogP contribution in [0.2, 0.25) is 0 Å². The molecule has 1 aromatic rings.